The van der Waals surface area contributed by atoms with Crippen molar-refractivity contribution in [2.75, 3.05) is 17.2 Å². The van der Waals surface area contributed by atoms with Gasteiger partial charge in [-0.05, 0) is 36.2 Å². The average molecular weight is 397 g/mol. The summed E-state index contributed by atoms with van der Waals surface area (Å²) in [7, 11) is 0. The Morgan fingerprint density at radius 2 is 1.72 bits per heavy atom. The fourth-order valence-electron chi connectivity index (χ4n) is 2.24. The van der Waals surface area contributed by atoms with Gasteiger partial charge in [-0.15, -0.1) is 0 Å². The molecule has 0 radical (unpaired) electrons. The number of anilines is 2. The predicted molar refractivity (Wildman–Crippen MR) is 103 cm³/mol. The smallest absolute Gasteiger partial charge is 0.275 e. The minimum absolute atomic E-state index is 0.275. The molecule has 0 aliphatic rings. The molecule has 0 bridgehead atoms. The van der Waals surface area contributed by atoms with E-state index in [-0.39, 0.29) is 11.6 Å². The topological polar surface area (TPSA) is 66.9 Å². The maximum absolute atomic E-state index is 12.2. The highest BCUT2D eigenvalue weighted by molar-refractivity contribution is 9.10. The van der Waals surface area contributed by atoms with Gasteiger partial charge in [0.1, 0.15) is 11.5 Å². The molecule has 3 aromatic rings. The molecule has 1 aromatic heterocycles. The molecule has 0 spiro atoms. The van der Waals surface area contributed by atoms with Crippen LogP contribution >= 0.6 is 15.9 Å². The molecular formula is C19H17BrN4O. The molecule has 2 N–H and O–H groups in total. The Bertz CT molecular complexity index is 820. The van der Waals surface area contributed by atoms with Gasteiger partial charge in [0.2, 0.25) is 0 Å². The molecule has 126 valence electrons. The Morgan fingerprint density at radius 3 is 2.40 bits per heavy atom. The summed E-state index contributed by atoms with van der Waals surface area (Å²) >= 11 is 3.36. The summed E-state index contributed by atoms with van der Waals surface area (Å²) in [5.74, 6) is 0.363. The summed E-state index contributed by atoms with van der Waals surface area (Å²) in [6.45, 7) is 0.753. The van der Waals surface area contributed by atoms with Gasteiger partial charge in [0.05, 0.1) is 12.4 Å². The third kappa shape index (κ3) is 5.12. The molecule has 25 heavy (non-hydrogen) atoms. The minimum atomic E-state index is -0.286. The van der Waals surface area contributed by atoms with Crippen LogP contribution in [0.15, 0.2) is 71.5 Å². The lowest BCUT2D eigenvalue weighted by atomic mass is 10.1. The highest BCUT2D eigenvalue weighted by Crippen LogP contribution is 2.14. The van der Waals surface area contributed by atoms with Crippen LogP contribution in [0.4, 0.5) is 11.5 Å². The quantitative estimate of drug-likeness (QED) is 0.656. The molecule has 1 heterocycles. The molecule has 0 aliphatic carbocycles. The maximum Gasteiger partial charge on any atom is 0.275 e. The fraction of sp³-hybridized carbons (Fsp3) is 0.105. The average Bonchev–Trinajstić information content (AvgIpc) is 2.65. The number of nitrogens with one attached hydrogen (secondary N) is 2. The van der Waals surface area contributed by atoms with Crippen molar-refractivity contribution in [3.63, 3.8) is 0 Å². The number of hydrogen-bond acceptors (Lipinski definition) is 4. The van der Waals surface area contributed by atoms with E-state index in [1.54, 1.807) is 6.20 Å². The first-order valence-electron chi connectivity index (χ1n) is 7.87. The van der Waals surface area contributed by atoms with E-state index in [4.69, 9.17) is 0 Å². The maximum atomic E-state index is 12.2. The van der Waals surface area contributed by atoms with Crippen LogP contribution in [0.2, 0.25) is 0 Å². The van der Waals surface area contributed by atoms with E-state index in [2.05, 4.69) is 48.7 Å². The van der Waals surface area contributed by atoms with Crippen molar-refractivity contribution < 1.29 is 4.79 Å². The van der Waals surface area contributed by atoms with Crippen LogP contribution in [-0.4, -0.2) is 22.4 Å². The Morgan fingerprint density at radius 1 is 0.960 bits per heavy atom. The SMILES string of the molecule is O=C(Nc1ccc(Br)cc1)c1cnc(NCCc2ccccc2)cn1. The highest BCUT2D eigenvalue weighted by Gasteiger charge is 2.08. The van der Waals surface area contributed by atoms with Gasteiger partial charge in [-0.2, -0.15) is 0 Å². The molecule has 0 unspecified atom stereocenters. The zero-order chi connectivity index (χ0) is 17.5. The first kappa shape index (κ1) is 17.1. The number of nitrogens with zero attached hydrogens (tertiary/aromatic N) is 2. The van der Waals surface area contributed by atoms with Gasteiger partial charge in [0.15, 0.2) is 0 Å². The normalized spacial score (nSPS) is 10.3. The van der Waals surface area contributed by atoms with Gasteiger partial charge < -0.3 is 10.6 Å². The van der Waals surface area contributed by atoms with Crippen LogP contribution < -0.4 is 10.6 Å². The molecule has 2 aromatic carbocycles. The minimum Gasteiger partial charge on any atom is -0.368 e. The van der Waals surface area contributed by atoms with E-state index in [1.165, 1.54) is 11.8 Å². The highest BCUT2D eigenvalue weighted by atomic mass is 79.9. The van der Waals surface area contributed by atoms with Crippen LogP contribution in [0.1, 0.15) is 16.1 Å². The number of aromatic nitrogens is 2. The Hall–Kier alpha value is -2.73. The van der Waals surface area contributed by atoms with Gasteiger partial charge >= 0.3 is 0 Å². The summed E-state index contributed by atoms with van der Waals surface area (Å²) in [6, 6.07) is 17.6. The largest absolute Gasteiger partial charge is 0.368 e. The lowest BCUT2D eigenvalue weighted by molar-refractivity contribution is 0.102. The van der Waals surface area contributed by atoms with Crippen molar-refractivity contribution in [3.8, 4) is 0 Å². The van der Waals surface area contributed by atoms with Gasteiger partial charge in [0.25, 0.3) is 5.91 Å². The lowest BCUT2D eigenvalue weighted by Crippen LogP contribution is -2.14. The fourth-order valence-corrected chi connectivity index (χ4v) is 2.51. The summed E-state index contributed by atoms with van der Waals surface area (Å²) in [5, 5.41) is 5.99. The standard InChI is InChI=1S/C19H17BrN4O/c20-15-6-8-16(9-7-15)24-19(25)17-12-23-18(13-22-17)21-11-10-14-4-2-1-3-5-14/h1-9,12-13H,10-11H2,(H,21,23)(H,24,25). The van der Waals surface area contributed by atoms with Crippen LogP contribution in [0.25, 0.3) is 0 Å². The molecule has 0 fully saturated rings. The van der Waals surface area contributed by atoms with Gasteiger partial charge in [0, 0.05) is 16.7 Å². The Labute approximate surface area is 154 Å². The number of hydrogen-bond donors (Lipinski definition) is 2. The monoisotopic (exact) mass is 396 g/mol. The van der Waals surface area contributed by atoms with Crippen LogP contribution in [0.5, 0.6) is 0 Å². The number of carbonyl (C=O) groups is 1. The van der Waals surface area contributed by atoms with Crippen LogP contribution in [-0.2, 0) is 6.42 Å². The van der Waals surface area contributed by atoms with E-state index in [1.807, 2.05) is 42.5 Å². The zero-order valence-corrected chi connectivity index (χ0v) is 15.0. The van der Waals surface area contributed by atoms with E-state index in [0.717, 1.165) is 17.4 Å². The third-order valence-electron chi connectivity index (χ3n) is 3.55. The van der Waals surface area contributed by atoms with Crippen molar-refractivity contribution in [2.24, 2.45) is 0 Å². The van der Waals surface area contributed by atoms with Crippen molar-refractivity contribution in [2.45, 2.75) is 6.42 Å². The summed E-state index contributed by atoms with van der Waals surface area (Å²) in [5.41, 5.74) is 2.24. The van der Waals surface area contributed by atoms with Crippen molar-refractivity contribution in [1.82, 2.24) is 9.97 Å². The molecule has 0 atom stereocenters. The molecule has 6 heteroatoms. The number of benzene rings is 2. The van der Waals surface area contributed by atoms with Gasteiger partial charge in [-0.3, -0.25) is 4.79 Å². The molecule has 0 saturated carbocycles. The van der Waals surface area contributed by atoms with E-state index >= 15 is 0 Å². The molecule has 5 nitrogen and oxygen atoms in total. The number of carbonyl (C=O) groups excluding carboxylic acids is 1. The molecule has 0 saturated heterocycles. The first-order valence-corrected chi connectivity index (χ1v) is 8.67. The number of halogens is 1. The molecule has 1 amide bonds. The van der Waals surface area contributed by atoms with E-state index in [0.29, 0.717) is 11.5 Å². The second kappa shape index (κ2) is 8.39. The van der Waals surface area contributed by atoms with E-state index < -0.39 is 0 Å². The van der Waals surface area contributed by atoms with Gasteiger partial charge in [-0.1, -0.05) is 46.3 Å². The molecule has 3 rings (SSSR count). The van der Waals surface area contributed by atoms with Gasteiger partial charge in [-0.25, -0.2) is 9.97 Å². The van der Waals surface area contributed by atoms with Crippen molar-refractivity contribution >= 4 is 33.3 Å². The van der Waals surface area contributed by atoms with Crippen molar-refractivity contribution in [1.29, 1.82) is 0 Å². The number of rotatable bonds is 6. The molecular weight excluding hydrogens is 380 g/mol. The Balaban J connectivity index is 1.52. The van der Waals surface area contributed by atoms with Crippen LogP contribution in [0, 0.1) is 0 Å². The third-order valence-corrected chi connectivity index (χ3v) is 4.08. The van der Waals surface area contributed by atoms with Crippen LogP contribution in [0.3, 0.4) is 0 Å². The molecule has 0 aliphatic heterocycles. The van der Waals surface area contributed by atoms with E-state index in [9.17, 15) is 4.79 Å². The zero-order valence-electron chi connectivity index (χ0n) is 13.4. The number of amides is 1. The summed E-state index contributed by atoms with van der Waals surface area (Å²) in [6.07, 6.45) is 3.94. The first-order chi connectivity index (χ1) is 12.2. The second-order valence-electron chi connectivity index (χ2n) is 5.41. The second-order valence-corrected chi connectivity index (χ2v) is 6.33. The Kier molecular flexibility index (Phi) is 5.74. The lowest BCUT2D eigenvalue weighted by Gasteiger charge is -2.07. The predicted octanol–water partition coefficient (Wildman–Crippen LogP) is 4.15. The summed E-state index contributed by atoms with van der Waals surface area (Å²) in [4.78, 5) is 20.6. The summed E-state index contributed by atoms with van der Waals surface area (Å²) < 4.78 is 0.955. The van der Waals surface area contributed by atoms with Crippen molar-refractivity contribution in [3.05, 3.63) is 82.7 Å².